The topological polar surface area (TPSA) is 53.5 Å². The molecule has 0 saturated heterocycles. The number of nitrogens with zero attached hydrogens (tertiary/aromatic N) is 1. The van der Waals surface area contributed by atoms with Crippen molar-refractivity contribution in [2.45, 2.75) is 6.42 Å². The monoisotopic (exact) mass is 363 g/mol. The molecule has 0 fully saturated rings. The van der Waals surface area contributed by atoms with Gasteiger partial charge in [-0.1, -0.05) is 47.5 Å². The van der Waals surface area contributed by atoms with E-state index in [-0.39, 0.29) is 17.3 Å². The van der Waals surface area contributed by atoms with Crippen LogP contribution in [0.25, 0.3) is 0 Å². The molecule has 7 heteroatoms. The van der Waals surface area contributed by atoms with Gasteiger partial charge in [0.15, 0.2) is 10.9 Å². The number of rotatable bonds is 2. The maximum Gasteiger partial charge on any atom is 0.191 e. The van der Waals surface area contributed by atoms with Gasteiger partial charge in [-0.25, -0.2) is 0 Å². The Hall–Kier alpha value is -1.95. The van der Waals surface area contributed by atoms with E-state index in [9.17, 15) is 4.79 Å². The third-order valence-corrected chi connectivity index (χ3v) is 4.08. The van der Waals surface area contributed by atoms with E-state index in [0.29, 0.717) is 27.0 Å². The third-order valence-electron chi connectivity index (χ3n) is 3.34. The smallest absolute Gasteiger partial charge is 0.191 e. The number of nitrogens with one attached hydrogen (secondary N) is 2. The van der Waals surface area contributed by atoms with Crippen LogP contribution < -0.4 is 10.7 Å². The second-order valence-corrected chi connectivity index (χ2v) is 6.15. The summed E-state index contributed by atoms with van der Waals surface area (Å²) in [6, 6.07) is 12.4. The number of thiocarbonyl (C=S) groups is 1. The molecule has 2 aromatic rings. The molecule has 0 saturated carbocycles. The Morgan fingerprint density at radius 1 is 1.13 bits per heavy atom. The van der Waals surface area contributed by atoms with Gasteiger partial charge in [-0.3, -0.25) is 10.2 Å². The SMILES string of the molecule is O=C1CC(=NNC(=S)Nc2ccc(Cl)cc2Cl)c2ccccc21. The molecule has 2 aromatic carbocycles. The van der Waals surface area contributed by atoms with E-state index in [4.69, 9.17) is 35.4 Å². The summed E-state index contributed by atoms with van der Waals surface area (Å²) in [6.45, 7) is 0. The van der Waals surface area contributed by atoms with Gasteiger partial charge in [0.1, 0.15) is 0 Å². The van der Waals surface area contributed by atoms with Crippen LogP contribution in [0, 0.1) is 0 Å². The summed E-state index contributed by atoms with van der Waals surface area (Å²) in [5.41, 5.74) is 5.55. The lowest BCUT2D eigenvalue weighted by Crippen LogP contribution is -2.25. The number of hydrazone groups is 1. The molecule has 23 heavy (non-hydrogen) atoms. The maximum atomic E-state index is 11.9. The number of fused-ring (bicyclic) bond motifs is 1. The van der Waals surface area contributed by atoms with Crippen molar-refractivity contribution in [3.63, 3.8) is 0 Å². The first-order valence-electron chi connectivity index (χ1n) is 6.76. The van der Waals surface area contributed by atoms with E-state index in [1.165, 1.54) is 0 Å². The standard InChI is InChI=1S/C16H11Cl2N3OS/c17-9-5-6-13(12(18)7-9)19-16(23)21-20-14-8-15(22)11-4-2-1-3-10(11)14/h1-7H,8H2,(H2,19,21,23). The van der Waals surface area contributed by atoms with Gasteiger partial charge in [-0.2, -0.15) is 5.10 Å². The molecule has 0 amide bonds. The lowest BCUT2D eigenvalue weighted by Gasteiger charge is -2.09. The van der Waals surface area contributed by atoms with Gasteiger partial charge in [-0.05, 0) is 30.4 Å². The van der Waals surface area contributed by atoms with Gasteiger partial charge in [-0.15, -0.1) is 0 Å². The molecule has 0 heterocycles. The van der Waals surface area contributed by atoms with Gasteiger partial charge in [0.2, 0.25) is 0 Å². The number of carbonyl (C=O) groups excluding carboxylic acids is 1. The van der Waals surface area contributed by atoms with Crippen molar-refractivity contribution in [3.8, 4) is 0 Å². The van der Waals surface area contributed by atoms with Gasteiger partial charge >= 0.3 is 0 Å². The molecule has 1 aliphatic rings. The molecular formula is C16H11Cl2N3OS. The summed E-state index contributed by atoms with van der Waals surface area (Å²) in [6.07, 6.45) is 0.261. The van der Waals surface area contributed by atoms with Gasteiger partial charge in [0.05, 0.1) is 22.8 Å². The largest absolute Gasteiger partial charge is 0.330 e. The van der Waals surface area contributed by atoms with Crippen LogP contribution in [0.4, 0.5) is 5.69 Å². The molecule has 0 aromatic heterocycles. The lowest BCUT2D eigenvalue weighted by molar-refractivity contribution is 0.101. The minimum absolute atomic E-state index is 0.0563. The van der Waals surface area contributed by atoms with Crippen molar-refractivity contribution in [1.82, 2.24) is 5.43 Å². The van der Waals surface area contributed by atoms with Crippen molar-refractivity contribution < 1.29 is 4.79 Å². The van der Waals surface area contributed by atoms with E-state index < -0.39 is 0 Å². The third kappa shape index (κ3) is 3.52. The molecule has 0 bridgehead atoms. The second kappa shape index (κ2) is 6.66. The fraction of sp³-hybridized carbons (Fsp3) is 0.0625. The fourth-order valence-corrected chi connectivity index (χ4v) is 2.89. The zero-order valence-corrected chi connectivity index (χ0v) is 14.1. The van der Waals surface area contributed by atoms with Crippen LogP contribution in [-0.4, -0.2) is 16.6 Å². The Labute approximate surface area is 148 Å². The Bertz CT molecular complexity index is 836. The Morgan fingerprint density at radius 2 is 1.87 bits per heavy atom. The molecule has 0 radical (unpaired) electrons. The van der Waals surface area contributed by atoms with Gasteiger partial charge in [0, 0.05) is 16.1 Å². The predicted molar refractivity (Wildman–Crippen MR) is 97.7 cm³/mol. The van der Waals surface area contributed by atoms with Crippen LogP contribution in [0.2, 0.25) is 10.0 Å². The van der Waals surface area contributed by atoms with E-state index in [0.717, 1.165) is 5.56 Å². The van der Waals surface area contributed by atoms with Crippen LogP contribution in [-0.2, 0) is 0 Å². The number of benzene rings is 2. The summed E-state index contributed by atoms with van der Waals surface area (Å²) in [5, 5.41) is 8.44. The lowest BCUT2D eigenvalue weighted by atomic mass is 10.1. The second-order valence-electron chi connectivity index (χ2n) is 4.89. The van der Waals surface area contributed by atoms with E-state index >= 15 is 0 Å². The van der Waals surface area contributed by atoms with Crippen LogP contribution in [0.1, 0.15) is 22.3 Å². The van der Waals surface area contributed by atoms with Gasteiger partial charge < -0.3 is 5.32 Å². The highest BCUT2D eigenvalue weighted by molar-refractivity contribution is 7.80. The zero-order chi connectivity index (χ0) is 16.4. The molecule has 0 unspecified atom stereocenters. The molecule has 3 rings (SSSR count). The van der Waals surface area contributed by atoms with E-state index in [1.54, 1.807) is 24.3 Å². The van der Waals surface area contributed by atoms with Crippen molar-refractivity contribution >= 4 is 57.7 Å². The highest BCUT2D eigenvalue weighted by Crippen LogP contribution is 2.25. The number of anilines is 1. The molecule has 1 aliphatic carbocycles. The fourth-order valence-electron chi connectivity index (χ4n) is 2.28. The summed E-state index contributed by atoms with van der Waals surface area (Å²) in [7, 11) is 0. The first-order valence-corrected chi connectivity index (χ1v) is 7.92. The Morgan fingerprint density at radius 3 is 2.61 bits per heavy atom. The molecule has 4 nitrogen and oxygen atoms in total. The summed E-state index contributed by atoms with van der Waals surface area (Å²) >= 11 is 17.1. The first kappa shape index (κ1) is 15.9. The van der Waals surface area contributed by atoms with Crippen LogP contribution >= 0.6 is 35.4 Å². The number of hydrogen-bond acceptors (Lipinski definition) is 3. The summed E-state index contributed by atoms with van der Waals surface area (Å²) in [5.74, 6) is 0.0563. The number of halogens is 2. The van der Waals surface area contributed by atoms with Crippen LogP contribution in [0.15, 0.2) is 47.6 Å². The Balaban J connectivity index is 1.71. The quantitative estimate of drug-likeness (QED) is 0.617. The van der Waals surface area contributed by atoms with Crippen molar-refractivity contribution in [2.75, 3.05) is 5.32 Å². The van der Waals surface area contributed by atoms with Gasteiger partial charge in [0.25, 0.3) is 0 Å². The molecule has 0 spiro atoms. The highest BCUT2D eigenvalue weighted by atomic mass is 35.5. The van der Waals surface area contributed by atoms with Crippen LogP contribution in [0.5, 0.6) is 0 Å². The van der Waals surface area contributed by atoms with Crippen LogP contribution in [0.3, 0.4) is 0 Å². The number of Topliss-reactive ketones (excluding diaryl/α,β-unsaturated/α-hetero) is 1. The highest BCUT2D eigenvalue weighted by Gasteiger charge is 2.24. The Kier molecular flexibility index (Phi) is 4.61. The minimum atomic E-state index is 0.0563. The summed E-state index contributed by atoms with van der Waals surface area (Å²) in [4.78, 5) is 11.9. The summed E-state index contributed by atoms with van der Waals surface area (Å²) < 4.78 is 0. The average molecular weight is 364 g/mol. The number of hydrogen-bond donors (Lipinski definition) is 2. The average Bonchev–Trinajstić information content (AvgIpc) is 2.85. The first-order chi connectivity index (χ1) is 11.0. The number of carbonyl (C=O) groups is 1. The van der Waals surface area contributed by atoms with Crippen molar-refractivity contribution in [2.24, 2.45) is 5.10 Å². The zero-order valence-electron chi connectivity index (χ0n) is 11.8. The number of ketones is 1. The van der Waals surface area contributed by atoms with E-state index in [1.807, 2.05) is 18.2 Å². The molecule has 116 valence electrons. The molecule has 0 aliphatic heterocycles. The van der Waals surface area contributed by atoms with Crippen molar-refractivity contribution in [3.05, 3.63) is 63.6 Å². The maximum absolute atomic E-state index is 11.9. The molecule has 0 atom stereocenters. The van der Waals surface area contributed by atoms with Crippen molar-refractivity contribution in [1.29, 1.82) is 0 Å². The minimum Gasteiger partial charge on any atom is -0.330 e. The van der Waals surface area contributed by atoms with E-state index in [2.05, 4.69) is 15.8 Å². The normalized spacial score (nSPS) is 14.7. The molecular weight excluding hydrogens is 353 g/mol. The predicted octanol–water partition coefficient (Wildman–Crippen LogP) is 4.27. The molecule has 2 N–H and O–H groups in total.